The maximum atomic E-state index is 12.8. The van der Waals surface area contributed by atoms with Crippen LogP contribution >= 0.6 is 35.0 Å². The lowest BCUT2D eigenvalue weighted by Gasteiger charge is -2.13. The van der Waals surface area contributed by atoms with Gasteiger partial charge in [0.05, 0.1) is 15.3 Å². The highest BCUT2D eigenvalue weighted by atomic mass is 35.5. The molecule has 0 aliphatic rings. The quantitative estimate of drug-likeness (QED) is 0.272. The van der Waals surface area contributed by atoms with Gasteiger partial charge in [0.25, 0.3) is 5.91 Å². The Morgan fingerprint density at radius 2 is 1.52 bits per heavy atom. The van der Waals surface area contributed by atoms with Gasteiger partial charge in [0, 0.05) is 21.8 Å². The summed E-state index contributed by atoms with van der Waals surface area (Å²) >= 11 is 13.3. The number of nitrogens with one attached hydrogen (secondary N) is 2. The van der Waals surface area contributed by atoms with Gasteiger partial charge in [0.2, 0.25) is 5.91 Å². The number of carbonyl (C=O) groups is 2. The molecular formula is C26H20Cl2N2O2S. The molecule has 166 valence electrons. The lowest BCUT2D eigenvalue weighted by molar-refractivity contribution is -0.115. The van der Waals surface area contributed by atoms with Crippen molar-refractivity contribution in [1.82, 2.24) is 0 Å². The minimum Gasteiger partial charge on any atom is -0.325 e. The highest BCUT2D eigenvalue weighted by Gasteiger charge is 2.16. The molecule has 7 heteroatoms. The minimum absolute atomic E-state index is 0.163. The van der Waals surface area contributed by atoms with Crippen molar-refractivity contribution in [2.45, 2.75) is 17.1 Å². The number of fused-ring (bicyclic) bond motifs is 1. The SMILES string of the molecule is CC(Sc1cccc(NC(=O)c2ccc3ccccc3c2)c1)C(=O)Nc1ccc(Cl)c(Cl)c1. The summed E-state index contributed by atoms with van der Waals surface area (Å²) < 4.78 is 0. The molecule has 0 saturated heterocycles. The van der Waals surface area contributed by atoms with E-state index in [0.717, 1.165) is 15.7 Å². The van der Waals surface area contributed by atoms with Gasteiger partial charge in [-0.15, -0.1) is 11.8 Å². The maximum Gasteiger partial charge on any atom is 0.255 e. The fourth-order valence-electron chi connectivity index (χ4n) is 3.26. The van der Waals surface area contributed by atoms with Crippen LogP contribution in [0, 0.1) is 0 Å². The number of benzene rings is 4. The van der Waals surface area contributed by atoms with E-state index in [2.05, 4.69) is 10.6 Å². The van der Waals surface area contributed by atoms with Crippen molar-refractivity contribution in [3.05, 3.63) is 101 Å². The van der Waals surface area contributed by atoms with Gasteiger partial charge in [-0.05, 0) is 66.2 Å². The lowest BCUT2D eigenvalue weighted by Crippen LogP contribution is -2.22. The van der Waals surface area contributed by atoms with Crippen molar-refractivity contribution in [3.8, 4) is 0 Å². The Morgan fingerprint density at radius 3 is 2.30 bits per heavy atom. The number of amides is 2. The second-order valence-electron chi connectivity index (χ2n) is 7.42. The summed E-state index contributed by atoms with van der Waals surface area (Å²) in [5, 5.41) is 8.31. The van der Waals surface area contributed by atoms with Crippen molar-refractivity contribution in [2.75, 3.05) is 10.6 Å². The number of anilines is 2. The number of halogens is 2. The van der Waals surface area contributed by atoms with Crippen LogP contribution in [0.3, 0.4) is 0 Å². The molecule has 0 aliphatic heterocycles. The Morgan fingerprint density at radius 1 is 0.758 bits per heavy atom. The second-order valence-corrected chi connectivity index (χ2v) is 9.65. The average Bonchev–Trinajstić information content (AvgIpc) is 2.81. The zero-order valence-corrected chi connectivity index (χ0v) is 20.0. The third-order valence-electron chi connectivity index (χ3n) is 4.97. The van der Waals surface area contributed by atoms with E-state index >= 15 is 0 Å². The first-order valence-corrected chi connectivity index (χ1v) is 11.9. The van der Waals surface area contributed by atoms with Crippen molar-refractivity contribution in [3.63, 3.8) is 0 Å². The summed E-state index contributed by atoms with van der Waals surface area (Å²) in [6.07, 6.45) is 0. The molecule has 4 aromatic rings. The van der Waals surface area contributed by atoms with Crippen molar-refractivity contribution in [2.24, 2.45) is 0 Å². The Bertz CT molecular complexity index is 1340. The van der Waals surface area contributed by atoms with Gasteiger partial charge in [-0.3, -0.25) is 9.59 Å². The predicted molar refractivity (Wildman–Crippen MR) is 139 cm³/mol. The van der Waals surface area contributed by atoms with E-state index in [-0.39, 0.29) is 17.1 Å². The van der Waals surface area contributed by atoms with Crippen LogP contribution in [0.1, 0.15) is 17.3 Å². The standard InChI is InChI=1S/C26H20Cl2N2O2S/c1-16(25(31)29-21-11-12-23(27)24(28)15-21)33-22-8-4-7-20(14-22)30-26(32)19-10-9-17-5-2-3-6-18(17)13-19/h2-16H,1H3,(H,29,31)(H,30,32). The Kier molecular flexibility index (Phi) is 7.23. The van der Waals surface area contributed by atoms with Crippen molar-refractivity contribution >= 4 is 68.9 Å². The zero-order valence-electron chi connectivity index (χ0n) is 17.6. The molecule has 0 aromatic heterocycles. The Balaban J connectivity index is 1.40. The van der Waals surface area contributed by atoms with Gasteiger partial charge in [0.15, 0.2) is 0 Å². The number of carbonyl (C=O) groups excluding carboxylic acids is 2. The molecule has 0 aliphatic carbocycles. The maximum absolute atomic E-state index is 12.8. The van der Waals surface area contributed by atoms with Gasteiger partial charge in [-0.25, -0.2) is 0 Å². The molecule has 1 atom stereocenters. The summed E-state index contributed by atoms with van der Waals surface area (Å²) in [7, 11) is 0. The van der Waals surface area contributed by atoms with E-state index in [0.29, 0.717) is 27.0 Å². The summed E-state index contributed by atoms with van der Waals surface area (Å²) in [6.45, 7) is 1.82. The molecule has 4 aromatic carbocycles. The van der Waals surface area contributed by atoms with Gasteiger partial charge < -0.3 is 10.6 Å². The van der Waals surface area contributed by atoms with Crippen LogP contribution in [-0.2, 0) is 4.79 Å². The lowest BCUT2D eigenvalue weighted by atomic mass is 10.1. The number of hydrogen-bond acceptors (Lipinski definition) is 3. The second kappa shape index (κ2) is 10.3. The van der Waals surface area contributed by atoms with Crippen LogP contribution in [0.4, 0.5) is 11.4 Å². The first-order chi connectivity index (χ1) is 15.9. The molecule has 0 fully saturated rings. The molecule has 1 unspecified atom stereocenters. The van der Waals surface area contributed by atoms with Crippen LogP contribution < -0.4 is 10.6 Å². The van der Waals surface area contributed by atoms with Crippen LogP contribution in [0.15, 0.2) is 89.8 Å². The van der Waals surface area contributed by atoms with Crippen molar-refractivity contribution < 1.29 is 9.59 Å². The molecule has 2 amide bonds. The van der Waals surface area contributed by atoms with Crippen LogP contribution in [0.2, 0.25) is 10.0 Å². The molecule has 0 heterocycles. The first-order valence-electron chi connectivity index (χ1n) is 10.2. The largest absolute Gasteiger partial charge is 0.325 e. The molecular weight excluding hydrogens is 475 g/mol. The molecule has 0 saturated carbocycles. The van der Waals surface area contributed by atoms with Gasteiger partial charge >= 0.3 is 0 Å². The molecule has 4 rings (SSSR count). The monoisotopic (exact) mass is 494 g/mol. The minimum atomic E-state index is -0.370. The fraction of sp³-hybridized carbons (Fsp3) is 0.0769. The van der Waals surface area contributed by atoms with E-state index in [1.807, 2.05) is 73.7 Å². The number of hydrogen-bond donors (Lipinski definition) is 2. The van der Waals surface area contributed by atoms with E-state index in [1.165, 1.54) is 11.8 Å². The number of rotatable bonds is 6. The number of thioether (sulfide) groups is 1. The predicted octanol–water partition coefficient (Wildman–Crippen LogP) is 7.52. The highest BCUT2D eigenvalue weighted by molar-refractivity contribution is 8.00. The topological polar surface area (TPSA) is 58.2 Å². The van der Waals surface area contributed by atoms with E-state index in [4.69, 9.17) is 23.2 Å². The van der Waals surface area contributed by atoms with Crippen molar-refractivity contribution in [1.29, 1.82) is 0 Å². The molecule has 4 nitrogen and oxygen atoms in total. The highest BCUT2D eigenvalue weighted by Crippen LogP contribution is 2.29. The van der Waals surface area contributed by atoms with Crippen LogP contribution in [0.25, 0.3) is 10.8 Å². The Labute approximate surface area is 206 Å². The van der Waals surface area contributed by atoms with Gasteiger partial charge in [-0.1, -0.05) is 59.6 Å². The fourth-order valence-corrected chi connectivity index (χ4v) is 4.48. The molecule has 0 radical (unpaired) electrons. The summed E-state index contributed by atoms with van der Waals surface area (Å²) in [4.78, 5) is 26.2. The van der Waals surface area contributed by atoms with E-state index in [9.17, 15) is 9.59 Å². The Hall–Kier alpha value is -2.99. The van der Waals surface area contributed by atoms with Gasteiger partial charge in [-0.2, -0.15) is 0 Å². The third kappa shape index (κ3) is 5.88. The first kappa shape index (κ1) is 23.2. The van der Waals surface area contributed by atoms with E-state index in [1.54, 1.807) is 18.2 Å². The summed E-state index contributed by atoms with van der Waals surface area (Å²) in [6, 6.07) is 25.9. The summed E-state index contributed by atoms with van der Waals surface area (Å²) in [5.41, 5.74) is 1.83. The van der Waals surface area contributed by atoms with E-state index < -0.39 is 0 Å². The molecule has 0 bridgehead atoms. The zero-order chi connectivity index (χ0) is 23.4. The molecule has 2 N–H and O–H groups in total. The average molecular weight is 495 g/mol. The smallest absolute Gasteiger partial charge is 0.255 e. The molecule has 0 spiro atoms. The molecule has 33 heavy (non-hydrogen) atoms. The van der Waals surface area contributed by atoms with Gasteiger partial charge in [0.1, 0.15) is 0 Å². The summed E-state index contributed by atoms with van der Waals surface area (Å²) in [5.74, 6) is -0.350. The van der Waals surface area contributed by atoms with Crippen LogP contribution in [-0.4, -0.2) is 17.1 Å². The van der Waals surface area contributed by atoms with Crippen LogP contribution in [0.5, 0.6) is 0 Å². The third-order valence-corrected chi connectivity index (χ3v) is 6.81. The normalized spacial score (nSPS) is 11.7.